The average Bonchev–Trinajstić information content (AvgIpc) is 3.22. The van der Waals surface area contributed by atoms with Crippen molar-refractivity contribution in [1.29, 1.82) is 0 Å². The maximum absolute atomic E-state index is 11.7. The van der Waals surface area contributed by atoms with Gasteiger partial charge < -0.3 is 25.8 Å². The van der Waals surface area contributed by atoms with Gasteiger partial charge in [-0.05, 0) is 64.5 Å². The van der Waals surface area contributed by atoms with Crippen molar-refractivity contribution in [1.82, 2.24) is 9.80 Å². The van der Waals surface area contributed by atoms with Crippen LogP contribution < -0.4 is 5.73 Å². The Morgan fingerprint density at radius 1 is 1.12 bits per heavy atom. The van der Waals surface area contributed by atoms with Gasteiger partial charge in [-0.3, -0.25) is 9.69 Å². The highest BCUT2D eigenvalue weighted by atomic mass is 16.4. The van der Waals surface area contributed by atoms with E-state index in [0.29, 0.717) is 31.7 Å². The van der Waals surface area contributed by atoms with Gasteiger partial charge in [0.15, 0.2) is 0 Å². The van der Waals surface area contributed by atoms with E-state index >= 15 is 0 Å². The smallest absolute Gasteiger partial charge is 0.451 e. The molecule has 144 valence electrons. The largest absolute Gasteiger partial charge is 0.480 e. The minimum atomic E-state index is -1.33. The zero-order chi connectivity index (χ0) is 18.3. The Morgan fingerprint density at radius 3 is 2.48 bits per heavy atom. The first-order chi connectivity index (χ1) is 11.9. The SMILES string of the molecule is N[C@](CCCCB(O)O)(CCN1CCC[C@H]1CN1CCCC1)C(=O)O. The second-order valence-electron chi connectivity index (χ2n) is 7.78. The predicted octanol–water partition coefficient (Wildman–Crippen LogP) is 0.362. The molecule has 0 bridgehead atoms. The van der Waals surface area contributed by atoms with E-state index in [1.807, 2.05) is 0 Å². The molecule has 2 atom stereocenters. The van der Waals surface area contributed by atoms with Crippen LogP contribution in [0.15, 0.2) is 0 Å². The quantitative estimate of drug-likeness (QED) is 0.313. The van der Waals surface area contributed by atoms with E-state index in [9.17, 15) is 9.90 Å². The van der Waals surface area contributed by atoms with Gasteiger partial charge in [-0.1, -0.05) is 12.8 Å². The molecule has 2 aliphatic heterocycles. The molecular formula is C17H34BN3O4. The van der Waals surface area contributed by atoms with Crippen LogP contribution in [-0.2, 0) is 4.79 Å². The molecule has 0 radical (unpaired) electrons. The normalized spacial score (nSPS) is 24.5. The summed E-state index contributed by atoms with van der Waals surface area (Å²) in [5, 5.41) is 27.3. The summed E-state index contributed by atoms with van der Waals surface area (Å²) in [6.07, 6.45) is 7.20. The average molecular weight is 355 g/mol. The zero-order valence-corrected chi connectivity index (χ0v) is 15.3. The number of nitrogens with zero attached hydrogens (tertiary/aromatic N) is 2. The fourth-order valence-corrected chi connectivity index (χ4v) is 4.11. The van der Waals surface area contributed by atoms with Gasteiger partial charge in [-0.2, -0.15) is 0 Å². The summed E-state index contributed by atoms with van der Waals surface area (Å²) >= 11 is 0. The highest BCUT2D eigenvalue weighted by Crippen LogP contribution is 2.24. The molecule has 0 spiro atoms. The summed E-state index contributed by atoms with van der Waals surface area (Å²) in [7, 11) is -1.33. The first-order valence-electron chi connectivity index (χ1n) is 9.75. The molecule has 7 nitrogen and oxygen atoms in total. The van der Waals surface area contributed by atoms with E-state index in [0.717, 1.165) is 19.6 Å². The number of likely N-dealkylation sites (tertiary alicyclic amines) is 2. The van der Waals surface area contributed by atoms with Crippen LogP contribution in [0, 0.1) is 0 Å². The lowest BCUT2D eigenvalue weighted by Gasteiger charge is -2.32. The van der Waals surface area contributed by atoms with Gasteiger partial charge in [-0.15, -0.1) is 0 Å². The molecule has 2 saturated heterocycles. The van der Waals surface area contributed by atoms with Crippen molar-refractivity contribution in [3.05, 3.63) is 0 Å². The van der Waals surface area contributed by atoms with Crippen molar-refractivity contribution in [3.8, 4) is 0 Å². The third kappa shape index (κ3) is 6.53. The molecule has 0 amide bonds. The Kier molecular flexibility index (Phi) is 8.15. The number of carbonyl (C=O) groups is 1. The van der Waals surface area contributed by atoms with Crippen molar-refractivity contribution < 1.29 is 19.9 Å². The van der Waals surface area contributed by atoms with Crippen LogP contribution in [-0.4, -0.2) is 82.3 Å². The monoisotopic (exact) mass is 355 g/mol. The molecule has 2 rings (SSSR count). The lowest BCUT2D eigenvalue weighted by atomic mass is 9.81. The highest BCUT2D eigenvalue weighted by molar-refractivity contribution is 6.40. The summed E-state index contributed by atoms with van der Waals surface area (Å²) in [5.41, 5.74) is 4.96. The van der Waals surface area contributed by atoms with Crippen LogP contribution in [0.2, 0.25) is 6.32 Å². The standard InChI is InChI=1S/C17H34BN3O4/c19-17(16(22)23,7-1-2-9-18(24)25)8-13-21-12-5-6-15(21)14-20-10-3-4-11-20/h15,24-25H,1-14,19H2,(H,22,23)/t15-,17+/m0/s1. The van der Waals surface area contributed by atoms with Gasteiger partial charge in [0.1, 0.15) is 5.54 Å². The molecule has 0 unspecified atom stereocenters. The molecule has 2 heterocycles. The molecule has 0 aromatic carbocycles. The molecule has 25 heavy (non-hydrogen) atoms. The third-order valence-electron chi connectivity index (χ3n) is 5.77. The Morgan fingerprint density at radius 2 is 1.84 bits per heavy atom. The van der Waals surface area contributed by atoms with Crippen LogP contribution in [0.1, 0.15) is 51.4 Å². The Balaban J connectivity index is 1.78. The molecule has 0 aromatic rings. The van der Waals surface area contributed by atoms with Crippen LogP contribution in [0.4, 0.5) is 0 Å². The fraction of sp³-hybridized carbons (Fsp3) is 0.941. The van der Waals surface area contributed by atoms with Crippen LogP contribution in [0.5, 0.6) is 0 Å². The fourth-order valence-electron chi connectivity index (χ4n) is 4.11. The number of unbranched alkanes of at least 4 members (excludes halogenated alkanes) is 1. The number of carboxylic acid groups (broad SMARTS) is 1. The molecular weight excluding hydrogens is 321 g/mol. The number of carboxylic acids is 1. The van der Waals surface area contributed by atoms with E-state index in [1.165, 1.54) is 38.8 Å². The summed E-state index contributed by atoms with van der Waals surface area (Å²) in [6, 6.07) is 0.528. The number of hydrogen-bond acceptors (Lipinski definition) is 6. The third-order valence-corrected chi connectivity index (χ3v) is 5.77. The van der Waals surface area contributed by atoms with Gasteiger partial charge in [0.05, 0.1) is 0 Å². The second kappa shape index (κ2) is 9.87. The van der Waals surface area contributed by atoms with Crippen LogP contribution in [0.25, 0.3) is 0 Å². The lowest BCUT2D eigenvalue weighted by Crippen LogP contribution is -2.51. The van der Waals surface area contributed by atoms with Crippen LogP contribution in [0.3, 0.4) is 0 Å². The van der Waals surface area contributed by atoms with E-state index < -0.39 is 18.6 Å². The minimum Gasteiger partial charge on any atom is -0.480 e. The first-order valence-corrected chi connectivity index (χ1v) is 9.75. The van der Waals surface area contributed by atoms with Crippen molar-refractivity contribution in [3.63, 3.8) is 0 Å². The van der Waals surface area contributed by atoms with E-state index in [1.54, 1.807) is 0 Å². The Bertz CT molecular complexity index is 421. The summed E-state index contributed by atoms with van der Waals surface area (Å²) < 4.78 is 0. The molecule has 8 heteroatoms. The van der Waals surface area contributed by atoms with Gasteiger partial charge >= 0.3 is 13.1 Å². The molecule has 0 aliphatic carbocycles. The summed E-state index contributed by atoms with van der Waals surface area (Å²) in [5.74, 6) is -0.952. The highest BCUT2D eigenvalue weighted by Gasteiger charge is 2.35. The number of aliphatic carboxylic acids is 1. The minimum absolute atomic E-state index is 0.264. The number of hydrogen-bond donors (Lipinski definition) is 4. The van der Waals surface area contributed by atoms with Gasteiger partial charge in [0.2, 0.25) is 0 Å². The first kappa shape index (κ1) is 20.6. The maximum Gasteiger partial charge on any atom is 0.451 e. The molecule has 5 N–H and O–H groups in total. The van der Waals surface area contributed by atoms with E-state index in [4.69, 9.17) is 15.8 Å². The van der Waals surface area contributed by atoms with Crippen molar-refractivity contribution in [2.45, 2.75) is 69.3 Å². The molecule has 0 aromatic heterocycles. The molecule has 2 fully saturated rings. The lowest BCUT2D eigenvalue weighted by molar-refractivity contribution is -0.144. The van der Waals surface area contributed by atoms with E-state index in [2.05, 4.69) is 9.80 Å². The van der Waals surface area contributed by atoms with E-state index in [-0.39, 0.29) is 6.32 Å². The summed E-state index contributed by atoms with van der Waals surface area (Å²) in [6.45, 7) is 5.24. The van der Waals surface area contributed by atoms with Gasteiger partial charge in [0.25, 0.3) is 0 Å². The zero-order valence-electron chi connectivity index (χ0n) is 15.3. The number of rotatable bonds is 11. The van der Waals surface area contributed by atoms with Gasteiger partial charge in [0, 0.05) is 19.1 Å². The number of nitrogens with two attached hydrogens (primary N) is 1. The van der Waals surface area contributed by atoms with Crippen LogP contribution >= 0.6 is 0 Å². The van der Waals surface area contributed by atoms with Crippen molar-refractivity contribution in [2.75, 3.05) is 32.7 Å². The predicted molar refractivity (Wildman–Crippen MR) is 98.3 cm³/mol. The molecule has 0 saturated carbocycles. The Labute approximate surface area is 151 Å². The topological polar surface area (TPSA) is 110 Å². The summed E-state index contributed by atoms with van der Waals surface area (Å²) in [4.78, 5) is 16.6. The van der Waals surface area contributed by atoms with Gasteiger partial charge in [-0.25, -0.2) is 0 Å². The van der Waals surface area contributed by atoms with Crippen molar-refractivity contribution >= 4 is 13.1 Å². The molecule has 2 aliphatic rings. The Hall–Kier alpha value is -0.665. The maximum atomic E-state index is 11.7. The second-order valence-corrected chi connectivity index (χ2v) is 7.78. The van der Waals surface area contributed by atoms with Crippen molar-refractivity contribution in [2.24, 2.45) is 5.73 Å².